The lowest BCUT2D eigenvalue weighted by Gasteiger charge is -2.41. The third-order valence-electron chi connectivity index (χ3n) is 4.24. The van der Waals surface area contributed by atoms with E-state index in [9.17, 15) is 4.79 Å². The summed E-state index contributed by atoms with van der Waals surface area (Å²) >= 11 is 0. The number of amides is 1. The monoisotopic (exact) mass is 310 g/mol. The van der Waals surface area contributed by atoms with Crippen molar-refractivity contribution in [3.8, 4) is 6.07 Å². The van der Waals surface area contributed by atoms with Crippen LogP contribution in [0, 0.1) is 18.3 Å². The minimum Gasteiger partial charge on any atom is -0.365 e. The largest absolute Gasteiger partial charge is 0.365 e. The van der Waals surface area contributed by atoms with Crippen LogP contribution in [0.2, 0.25) is 0 Å². The number of nitrogens with zero attached hydrogens (tertiary/aromatic N) is 3. The molecule has 1 amide bonds. The van der Waals surface area contributed by atoms with Gasteiger partial charge in [-0.15, -0.1) is 0 Å². The van der Waals surface area contributed by atoms with Crippen molar-refractivity contribution < 1.29 is 4.79 Å². The molecule has 1 aliphatic heterocycles. The molecule has 1 aromatic carbocycles. The molecule has 1 aliphatic rings. The Morgan fingerprint density at radius 2 is 2.13 bits per heavy atom. The van der Waals surface area contributed by atoms with E-state index in [4.69, 9.17) is 5.26 Å². The molecule has 1 heterocycles. The highest BCUT2D eigenvalue weighted by Crippen LogP contribution is 2.38. The Hall–Kier alpha value is -2.61. The van der Waals surface area contributed by atoms with Gasteiger partial charge in [0, 0.05) is 18.3 Å². The molecule has 120 valence electrons. The highest BCUT2D eigenvalue weighted by molar-refractivity contribution is 5.90. The molecule has 0 fully saturated rings. The van der Waals surface area contributed by atoms with Gasteiger partial charge in [-0.3, -0.25) is 4.79 Å². The fourth-order valence-corrected chi connectivity index (χ4v) is 2.74. The van der Waals surface area contributed by atoms with Gasteiger partial charge in [0.2, 0.25) is 0 Å². The number of nitriles is 1. The molecule has 5 nitrogen and oxygen atoms in total. The quantitative estimate of drug-likeness (QED) is 0.689. The Morgan fingerprint density at radius 3 is 2.78 bits per heavy atom. The van der Waals surface area contributed by atoms with Gasteiger partial charge in [-0.1, -0.05) is 6.08 Å². The van der Waals surface area contributed by atoms with Gasteiger partial charge in [0.15, 0.2) is 0 Å². The predicted molar refractivity (Wildman–Crippen MR) is 93.3 cm³/mol. The van der Waals surface area contributed by atoms with Crippen LogP contribution in [0.4, 0.5) is 5.69 Å². The van der Waals surface area contributed by atoms with Gasteiger partial charge in [0.25, 0.3) is 5.91 Å². The zero-order valence-corrected chi connectivity index (χ0v) is 14.3. The smallest absolute Gasteiger partial charge is 0.254 e. The van der Waals surface area contributed by atoms with Crippen molar-refractivity contribution in [2.24, 2.45) is 5.10 Å². The van der Waals surface area contributed by atoms with Crippen LogP contribution in [-0.4, -0.2) is 24.7 Å². The lowest BCUT2D eigenvalue weighted by Crippen LogP contribution is -2.42. The van der Waals surface area contributed by atoms with Gasteiger partial charge >= 0.3 is 0 Å². The highest BCUT2D eigenvalue weighted by Gasteiger charge is 2.28. The van der Waals surface area contributed by atoms with Crippen LogP contribution in [0.3, 0.4) is 0 Å². The molecule has 1 aromatic rings. The van der Waals surface area contributed by atoms with E-state index >= 15 is 0 Å². The van der Waals surface area contributed by atoms with Gasteiger partial charge in [-0.05, 0) is 56.5 Å². The minimum absolute atomic E-state index is 0.0234. The SMILES string of the molecule is CC1=CC(C)(C)N(C)c2cc(C)c(/C=N/NC(=O)CC#N)cc21. The van der Waals surface area contributed by atoms with Crippen LogP contribution >= 0.6 is 0 Å². The number of rotatable bonds is 3. The van der Waals surface area contributed by atoms with Crippen LogP contribution in [0.25, 0.3) is 5.57 Å². The van der Waals surface area contributed by atoms with Crippen LogP contribution in [0.5, 0.6) is 0 Å². The van der Waals surface area contributed by atoms with E-state index in [2.05, 4.69) is 61.5 Å². The Balaban J connectivity index is 2.33. The first-order valence-corrected chi connectivity index (χ1v) is 7.53. The van der Waals surface area contributed by atoms with Crippen molar-refractivity contribution in [3.05, 3.63) is 34.9 Å². The number of anilines is 1. The van der Waals surface area contributed by atoms with E-state index < -0.39 is 5.91 Å². The summed E-state index contributed by atoms with van der Waals surface area (Å²) in [6.07, 6.45) is 3.68. The zero-order valence-electron chi connectivity index (χ0n) is 14.3. The maximum Gasteiger partial charge on any atom is 0.254 e. The van der Waals surface area contributed by atoms with E-state index in [1.165, 1.54) is 16.8 Å². The van der Waals surface area contributed by atoms with Gasteiger partial charge in [-0.25, -0.2) is 5.43 Å². The topological polar surface area (TPSA) is 68.5 Å². The van der Waals surface area contributed by atoms with Crippen molar-refractivity contribution in [2.75, 3.05) is 11.9 Å². The number of likely N-dealkylation sites (N-methyl/N-ethyl adjacent to an activating group) is 1. The van der Waals surface area contributed by atoms with Gasteiger partial charge in [0.05, 0.1) is 17.8 Å². The van der Waals surface area contributed by atoms with Gasteiger partial charge in [0.1, 0.15) is 6.42 Å². The second kappa shape index (κ2) is 6.25. The Kier molecular flexibility index (Phi) is 4.55. The molecule has 0 atom stereocenters. The molecule has 0 radical (unpaired) electrons. The summed E-state index contributed by atoms with van der Waals surface area (Å²) in [6.45, 7) is 8.51. The molecule has 0 aromatic heterocycles. The summed E-state index contributed by atoms with van der Waals surface area (Å²) in [6, 6.07) is 6.02. The van der Waals surface area contributed by atoms with E-state index in [-0.39, 0.29) is 12.0 Å². The molecule has 5 heteroatoms. The van der Waals surface area contributed by atoms with Crippen molar-refractivity contribution in [3.63, 3.8) is 0 Å². The average Bonchev–Trinajstić information content (AvgIpc) is 2.46. The molecule has 0 unspecified atom stereocenters. The third kappa shape index (κ3) is 3.42. The minimum atomic E-state index is -0.406. The van der Waals surface area contributed by atoms with E-state index in [1.807, 2.05) is 6.92 Å². The fraction of sp³-hybridized carbons (Fsp3) is 0.389. The summed E-state index contributed by atoms with van der Waals surface area (Å²) in [7, 11) is 2.09. The van der Waals surface area contributed by atoms with Crippen molar-refractivity contribution in [1.29, 1.82) is 5.26 Å². The number of hydrazone groups is 1. The number of fused-ring (bicyclic) bond motifs is 1. The first-order valence-electron chi connectivity index (χ1n) is 7.53. The van der Waals surface area contributed by atoms with Crippen molar-refractivity contribution >= 4 is 23.4 Å². The predicted octanol–water partition coefficient (Wildman–Crippen LogP) is 2.99. The second-order valence-corrected chi connectivity index (χ2v) is 6.39. The third-order valence-corrected chi connectivity index (χ3v) is 4.24. The zero-order chi connectivity index (χ0) is 17.2. The Morgan fingerprint density at radius 1 is 1.43 bits per heavy atom. The standard InChI is InChI=1S/C18H22N4O/c1-12-8-16-15(13(2)10-18(3,4)22(16)5)9-14(12)11-20-21-17(23)6-7-19/h8-11H,6H2,1-5H3,(H,21,23)/b20-11+. The molecule has 0 spiro atoms. The number of nitrogens with one attached hydrogen (secondary N) is 1. The first-order chi connectivity index (χ1) is 10.8. The van der Waals surface area contributed by atoms with Gasteiger partial charge in [-0.2, -0.15) is 10.4 Å². The molecular weight excluding hydrogens is 288 g/mol. The number of hydrogen-bond donors (Lipinski definition) is 1. The van der Waals surface area contributed by atoms with E-state index in [0.29, 0.717) is 0 Å². The van der Waals surface area contributed by atoms with Crippen molar-refractivity contribution in [2.45, 2.75) is 39.7 Å². The molecule has 0 bridgehead atoms. The normalized spacial score (nSPS) is 15.8. The van der Waals surface area contributed by atoms with Crippen molar-refractivity contribution in [1.82, 2.24) is 5.43 Å². The Labute approximate surface area is 137 Å². The molecule has 0 saturated heterocycles. The van der Waals surface area contributed by atoms with Crippen LogP contribution in [-0.2, 0) is 4.79 Å². The Bertz CT molecular complexity index is 738. The molecular formula is C18H22N4O. The van der Waals surface area contributed by atoms with Crippen LogP contribution in [0.1, 0.15) is 43.9 Å². The number of carbonyl (C=O) groups excluding carboxylic acids is 1. The first kappa shape index (κ1) is 16.8. The molecule has 1 N–H and O–H groups in total. The summed E-state index contributed by atoms with van der Waals surface area (Å²) in [5, 5.41) is 12.4. The molecule has 0 aliphatic carbocycles. The summed E-state index contributed by atoms with van der Waals surface area (Å²) < 4.78 is 0. The van der Waals surface area contributed by atoms with Crippen LogP contribution < -0.4 is 10.3 Å². The lowest BCUT2D eigenvalue weighted by atomic mass is 9.87. The molecule has 23 heavy (non-hydrogen) atoms. The number of carbonyl (C=O) groups is 1. The second-order valence-electron chi connectivity index (χ2n) is 6.39. The van der Waals surface area contributed by atoms with Gasteiger partial charge < -0.3 is 4.90 Å². The number of benzene rings is 1. The maximum absolute atomic E-state index is 11.3. The summed E-state index contributed by atoms with van der Waals surface area (Å²) in [5.41, 5.74) is 7.95. The average molecular weight is 310 g/mol. The van der Waals surface area contributed by atoms with E-state index in [0.717, 1.165) is 11.1 Å². The van der Waals surface area contributed by atoms with E-state index in [1.54, 1.807) is 12.3 Å². The van der Waals surface area contributed by atoms with Crippen LogP contribution in [0.15, 0.2) is 23.3 Å². The molecule has 0 saturated carbocycles. The summed E-state index contributed by atoms with van der Waals surface area (Å²) in [5.74, 6) is -0.406. The summed E-state index contributed by atoms with van der Waals surface area (Å²) in [4.78, 5) is 13.5. The number of aryl methyl sites for hydroxylation is 1. The highest BCUT2D eigenvalue weighted by atomic mass is 16.2. The molecule has 2 rings (SSSR count). The number of hydrogen-bond acceptors (Lipinski definition) is 4. The fourth-order valence-electron chi connectivity index (χ4n) is 2.74. The number of allylic oxidation sites excluding steroid dienone is 1. The maximum atomic E-state index is 11.3. The lowest BCUT2D eigenvalue weighted by molar-refractivity contribution is -0.120.